The predicted octanol–water partition coefficient (Wildman–Crippen LogP) is 3.77. The Morgan fingerprint density at radius 2 is 2.18 bits per heavy atom. The number of carbonyl (C=O) groups excluding carboxylic acids is 1. The van der Waals surface area contributed by atoms with Crippen LogP contribution in [0.3, 0.4) is 0 Å². The third-order valence-electron chi connectivity index (χ3n) is 4.21. The zero-order valence-corrected chi connectivity index (χ0v) is 13.2. The number of aromatic nitrogens is 1. The molecule has 1 saturated heterocycles. The Labute approximate surface area is 133 Å². The van der Waals surface area contributed by atoms with Crippen molar-refractivity contribution in [2.75, 3.05) is 13.1 Å². The highest BCUT2D eigenvalue weighted by Gasteiger charge is 2.25. The molecule has 3 rings (SSSR count). The highest BCUT2D eigenvalue weighted by Crippen LogP contribution is 2.23. The summed E-state index contributed by atoms with van der Waals surface area (Å²) in [7, 11) is 0. The van der Waals surface area contributed by atoms with E-state index in [4.69, 9.17) is 0 Å². The summed E-state index contributed by atoms with van der Waals surface area (Å²) >= 11 is 1.45. The van der Waals surface area contributed by atoms with E-state index >= 15 is 0 Å². The normalized spacial score (nSPS) is 18.4. The van der Waals surface area contributed by atoms with Gasteiger partial charge in [-0.3, -0.25) is 4.79 Å². The quantitative estimate of drug-likeness (QED) is 0.860. The summed E-state index contributed by atoms with van der Waals surface area (Å²) < 4.78 is 12.9. The fraction of sp³-hybridized carbons (Fsp3) is 0.412. The van der Waals surface area contributed by atoms with Crippen molar-refractivity contribution < 1.29 is 9.18 Å². The van der Waals surface area contributed by atoms with E-state index in [0.717, 1.165) is 44.3 Å². The van der Waals surface area contributed by atoms with E-state index in [1.807, 2.05) is 22.4 Å². The monoisotopic (exact) mass is 318 g/mol. The number of benzene rings is 1. The molecule has 1 atom stereocenters. The summed E-state index contributed by atoms with van der Waals surface area (Å²) in [5.41, 5.74) is 3.41. The molecule has 3 nitrogen and oxygen atoms in total. The first-order valence-electron chi connectivity index (χ1n) is 7.64. The van der Waals surface area contributed by atoms with E-state index in [0.29, 0.717) is 11.6 Å². The maximum absolute atomic E-state index is 12.9. The first-order valence-corrected chi connectivity index (χ1v) is 8.58. The van der Waals surface area contributed by atoms with Crippen LogP contribution in [-0.2, 0) is 6.42 Å². The third kappa shape index (κ3) is 3.71. The fourth-order valence-electron chi connectivity index (χ4n) is 2.99. The lowest BCUT2D eigenvalue weighted by atomic mass is 9.91. The average Bonchev–Trinajstić information content (AvgIpc) is 3.08. The summed E-state index contributed by atoms with van der Waals surface area (Å²) in [6, 6.07) is 6.70. The smallest absolute Gasteiger partial charge is 0.273 e. The van der Waals surface area contributed by atoms with Crippen LogP contribution < -0.4 is 0 Å². The summed E-state index contributed by atoms with van der Waals surface area (Å²) in [6.07, 6.45) is 4.17. The minimum atomic E-state index is -0.193. The van der Waals surface area contributed by atoms with E-state index < -0.39 is 0 Å². The molecule has 0 spiro atoms. The maximum atomic E-state index is 12.9. The third-order valence-corrected chi connectivity index (χ3v) is 4.80. The first-order chi connectivity index (χ1) is 10.7. The molecule has 116 valence electrons. The maximum Gasteiger partial charge on any atom is 0.273 e. The van der Waals surface area contributed by atoms with Gasteiger partial charge < -0.3 is 4.90 Å². The van der Waals surface area contributed by atoms with Gasteiger partial charge in [0.25, 0.3) is 5.91 Å². The number of hydrogen-bond donors (Lipinski definition) is 0. The molecular formula is C17H19FN2OS. The van der Waals surface area contributed by atoms with E-state index in [-0.39, 0.29) is 11.7 Å². The Morgan fingerprint density at radius 1 is 1.36 bits per heavy atom. The number of hydrogen-bond acceptors (Lipinski definition) is 3. The van der Waals surface area contributed by atoms with Gasteiger partial charge in [0.2, 0.25) is 0 Å². The molecule has 1 amide bonds. The molecule has 2 heterocycles. The van der Waals surface area contributed by atoms with Crippen LogP contribution in [0, 0.1) is 11.7 Å². The lowest BCUT2D eigenvalue weighted by Crippen LogP contribution is -2.40. The van der Waals surface area contributed by atoms with Gasteiger partial charge in [0.05, 0.1) is 5.51 Å². The minimum Gasteiger partial charge on any atom is -0.337 e. The highest BCUT2D eigenvalue weighted by molar-refractivity contribution is 7.07. The number of carbonyl (C=O) groups is 1. The number of aryl methyl sites for hydroxylation is 1. The number of nitrogens with zero attached hydrogens (tertiary/aromatic N) is 2. The van der Waals surface area contributed by atoms with Crippen LogP contribution in [0.25, 0.3) is 0 Å². The summed E-state index contributed by atoms with van der Waals surface area (Å²) in [5.74, 6) is 0.371. The van der Waals surface area contributed by atoms with Crippen molar-refractivity contribution in [2.45, 2.75) is 25.7 Å². The first kappa shape index (κ1) is 15.2. The number of rotatable bonds is 4. The second-order valence-electron chi connectivity index (χ2n) is 5.80. The molecule has 0 aliphatic carbocycles. The van der Waals surface area contributed by atoms with Gasteiger partial charge in [0.15, 0.2) is 0 Å². The van der Waals surface area contributed by atoms with Crippen molar-refractivity contribution in [1.82, 2.24) is 9.88 Å². The van der Waals surface area contributed by atoms with Crippen LogP contribution in [-0.4, -0.2) is 28.9 Å². The second kappa shape index (κ2) is 7.01. The van der Waals surface area contributed by atoms with Gasteiger partial charge in [-0.25, -0.2) is 9.37 Å². The molecule has 1 aliphatic rings. The van der Waals surface area contributed by atoms with Gasteiger partial charge in [-0.1, -0.05) is 12.1 Å². The lowest BCUT2D eigenvalue weighted by molar-refractivity contribution is 0.0663. The minimum absolute atomic E-state index is 0.0488. The Kier molecular flexibility index (Phi) is 4.83. The second-order valence-corrected chi connectivity index (χ2v) is 6.52. The molecule has 1 aromatic heterocycles. The van der Waals surface area contributed by atoms with E-state index in [9.17, 15) is 9.18 Å². The van der Waals surface area contributed by atoms with Crippen molar-refractivity contribution >= 4 is 17.2 Å². The Morgan fingerprint density at radius 3 is 2.91 bits per heavy atom. The SMILES string of the molecule is O=C(c1cscn1)N1CCCC(CCc2ccc(F)cc2)C1. The molecule has 1 aliphatic heterocycles. The summed E-state index contributed by atoms with van der Waals surface area (Å²) in [4.78, 5) is 18.4. The molecule has 0 bridgehead atoms. The van der Waals surface area contributed by atoms with Crippen LogP contribution in [0.1, 0.15) is 35.3 Å². The van der Waals surface area contributed by atoms with Crippen molar-refractivity contribution in [3.63, 3.8) is 0 Å². The Bertz CT molecular complexity index is 612. The molecule has 0 N–H and O–H groups in total. The zero-order chi connectivity index (χ0) is 15.4. The molecule has 1 fully saturated rings. The van der Waals surface area contributed by atoms with Crippen molar-refractivity contribution in [3.8, 4) is 0 Å². The van der Waals surface area contributed by atoms with Crippen LogP contribution in [0.5, 0.6) is 0 Å². The molecule has 0 saturated carbocycles. The molecule has 0 radical (unpaired) electrons. The molecular weight excluding hydrogens is 299 g/mol. The fourth-order valence-corrected chi connectivity index (χ4v) is 3.51. The number of amides is 1. The predicted molar refractivity (Wildman–Crippen MR) is 85.5 cm³/mol. The van der Waals surface area contributed by atoms with Crippen LogP contribution >= 0.6 is 11.3 Å². The summed E-state index contributed by atoms with van der Waals surface area (Å²) in [5, 5.41) is 1.81. The van der Waals surface area contributed by atoms with E-state index in [1.165, 1.54) is 23.5 Å². The number of thiazole rings is 1. The van der Waals surface area contributed by atoms with Crippen LogP contribution in [0.2, 0.25) is 0 Å². The largest absolute Gasteiger partial charge is 0.337 e. The molecule has 5 heteroatoms. The van der Waals surface area contributed by atoms with Crippen LogP contribution in [0.15, 0.2) is 35.2 Å². The topological polar surface area (TPSA) is 33.2 Å². The van der Waals surface area contributed by atoms with Gasteiger partial charge >= 0.3 is 0 Å². The lowest BCUT2D eigenvalue weighted by Gasteiger charge is -2.32. The molecule has 2 aromatic rings. The van der Waals surface area contributed by atoms with Gasteiger partial charge in [-0.05, 0) is 49.3 Å². The van der Waals surface area contributed by atoms with Gasteiger partial charge in [-0.2, -0.15) is 0 Å². The average molecular weight is 318 g/mol. The van der Waals surface area contributed by atoms with Gasteiger partial charge in [0, 0.05) is 18.5 Å². The van der Waals surface area contributed by atoms with E-state index in [2.05, 4.69) is 4.98 Å². The van der Waals surface area contributed by atoms with Crippen molar-refractivity contribution in [2.24, 2.45) is 5.92 Å². The summed E-state index contributed by atoms with van der Waals surface area (Å²) in [6.45, 7) is 1.63. The Balaban J connectivity index is 1.54. The highest BCUT2D eigenvalue weighted by atomic mass is 32.1. The van der Waals surface area contributed by atoms with Gasteiger partial charge in [-0.15, -0.1) is 11.3 Å². The molecule has 1 unspecified atom stereocenters. The number of halogens is 1. The standard InChI is InChI=1S/C17H19FN2OS/c18-15-7-5-13(6-8-15)3-4-14-2-1-9-20(10-14)17(21)16-11-22-12-19-16/h5-8,11-12,14H,1-4,9-10H2. The van der Waals surface area contributed by atoms with E-state index in [1.54, 1.807) is 5.51 Å². The zero-order valence-electron chi connectivity index (χ0n) is 12.4. The number of piperidine rings is 1. The van der Waals surface area contributed by atoms with Crippen molar-refractivity contribution in [3.05, 3.63) is 52.2 Å². The molecule has 22 heavy (non-hydrogen) atoms. The number of likely N-dealkylation sites (tertiary alicyclic amines) is 1. The van der Waals surface area contributed by atoms with Crippen LogP contribution in [0.4, 0.5) is 4.39 Å². The van der Waals surface area contributed by atoms with Gasteiger partial charge in [0.1, 0.15) is 11.5 Å². The Hall–Kier alpha value is -1.75. The molecule has 1 aromatic carbocycles. The van der Waals surface area contributed by atoms with Crippen molar-refractivity contribution in [1.29, 1.82) is 0 Å².